The van der Waals surface area contributed by atoms with Crippen LogP contribution in [0, 0.1) is 13.8 Å². The number of rotatable bonds is 3. The number of hydrogen-bond donors (Lipinski definition) is 1. The lowest BCUT2D eigenvalue weighted by molar-refractivity contribution is 0.380. The Kier molecular flexibility index (Phi) is 3.01. The topological polar surface area (TPSA) is 64.9 Å². The van der Waals surface area contributed by atoms with Gasteiger partial charge in [-0.1, -0.05) is 22.9 Å². The van der Waals surface area contributed by atoms with Gasteiger partial charge in [0.25, 0.3) is 0 Å². The highest BCUT2D eigenvalue weighted by atomic mass is 16.5. The standard InChI is InChI=1S/C12H15N3O/c1-8-3-4-9(2)10(7-8)12-14-11(5-6-13)16-15-12/h3-4,7H,5-6,13H2,1-2H3. The minimum Gasteiger partial charge on any atom is -0.339 e. The molecule has 0 amide bonds. The minimum atomic E-state index is 0.522. The molecule has 0 aliphatic heterocycles. The van der Waals surface area contributed by atoms with Crippen molar-refractivity contribution in [2.24, 2.45) is 5.73 Å². The molecule has 0 saturated heterocycles. The van der Waals surface area contributed by atoms with Crippen LogP contribution in [-0.4, -0.2) is 16.7 Å². The van der Waals surface area contributed by atoms with Gasteiger partial charge in [0, 0.05) is 18.5 Å². The SMILES string of the molecule is Cc1ccc(C)c(-c2noc(CCN)n2)c1. The van der Waals surface area contributed by atoms with Crippen molar-refractivity contribution in [2.75, 3.05) is 6.54 Å². The van der Waals surface area contributed by atoms with Gasteiger partial charge in [0.1, 0.15) is 0 Å². The van der Waals surface area contributed by atoms with E-state index in [2.05, 4.69) is 28.3 Å². The van der Waals surface area contributed by atoms with E-state index in [9.17, 15) is 0 Å². The summed E-state index contributed by atoms with van der Waals surface area (Å²) in [6.07, 6.45) is 0.623. The van der Waals surface area contributed by atoms with Gasteiger partial charge in [0.15, 0.2) is 0 Å². The molecule has 1 aromatic carbocycles. The van der Waals surface area contributed by atoms with Crippen LogP contribution in [0.4, 0.5) is 0 Å². The Morgan fingerprint density at radius 3 is 2.88 bits per heavy atom. The van der Waals surface area contributed by atoms with Crippen molar-refractivity contribution >= 4 is 0 Å². The smallest absolute Gasteiger partial charge is 0.228 e. The molecule has 0 bridgehead atoms. The summed E-state index contributed by atoms with van der Waals surface area (Å²) in [4.78, 5) is 4.31. The first-order valence-electron chi connectivity index (χ1n) is 5.31. The number of nitrogens with two attached hydrogens (primary N) is 1. The van der Waals surface area contributed by atoms with E-state index in [0.29, 0.717) is 24.7 Å². The number of benzene rings is 1. The highest BCUT2D eigenvalue weighted by Crippen LogP contribution is 2.21. The molecule has 0 unspecified atom stereocenters. The summed E-state index contributed by atoms with van der Waals surface area (Å²) in [5.74, 6) is 1.24. The predicted octanol–water partition coefficient (Wildman–Crippen LogP) is 1.85. The van der Waals surface area contributed by atoms with Crippen LogP contribution in [0.1, 0.15) is 17.0 Å². The Hall–Kier alpha value is -1.68. The molecule has 1 heterocycles. The first kappa shape index (κ1) is 10.8. The molecule has 0 fully saturated rings. The first-order valence-corrected chi connectivity index (χ1v) is 5.31. The lowest BCUT2D eigenvalue weighted by Crippen LogP contribution is -2.02. The highest BCUT2D eigenvalue weighted by molar-refractivity contribution is 5.60. The van der Waals surface area contributed by atoms with Crippen LogP contribution in [0.5, 0.6) is 0 Å². The molecule has 0 aliphatic rings. The van der Waals surface area contributed by atoms with Gasteiger partial charge in [-0.15, -0.1) is 0 Å². The number of aromatic nitrogens is 2. The van der Waals surface area contributed by atoms with E-state index >= 15 is 0 Å². The van der Waals surface area contributed by atoms with Gasteiger partial charge in [-0.05, 0) is 25.5 Å². The second-order valence-electron chi connectivity index (χ2n) is 3.87. The molecule has 4 nitrogen and oxygen atoms in total. The zero-order chi connectivity index (χ0) is 11.5. The Morgan fingerprint density at radius 2 is 2.12 bits per heavy atom. The van der Waals surface area contributed by atoms with Crippen molar-refractivity contribution in [1.82, 2.24) is 10.1 Å². The van der Waals surface area contributed by atoms with Crippen molar-refractivity contribution in [3.05, 3.63) is 35.2 Å². The van der Waals surface area contributed by atoms with Gasteiger partial charge in [-0.25, -0.2) is 0 Å². The molecule has 0 saturated carbocycles. The van der Waals surface area contributed by atoms with Gasteiger partial charge in [0.05, 0.1) is 0 Å². The van der Waals surface area contributed by atoms with Gasteiger partial charge >= 0.3 is 0 Å². The fourth-order valence-electron chi connectivity index (χ4n) is 1.57. The molecule has 0 spiro atoms. The van der Waals surface area contributed by atoms with E-state index in [1.165, 1.54) is 5.56 Å². The lowest BCUT2D eigenvalue weighted by atomic mass is 10.1. The van der Waals surface area contributed by atoms with Crippen molar-refractivity contribution in [3.8, 4) is 11.4 Å². The summed E-state index contributed by atoms with van der Waals surface area (Å²) < 4.78 is 5.11. The molecular weight excluding hydrogens is 202 g/mol. The maximum atomic E-state index is 5.43. The van der Waals surface area contributed by atoms with Crippen LogP contribution in [0.3, 0.4) is 0 Å². The zero-order valence-electron chi connectivity index (χ0n) is 9.53. The average Bonchev–Trinajstić information content (AvgIpc) is 2.71. The molecule has 4 heteroatoms. The Bertz CT molecular complexity index is 491. The second-order valence-corrected chi connectivity index (χ2v) is 3.87. The van der Waals surface area contributed by atoms with E-state index in [4.69, 9.17) is 10.3 Å². The molecule has 0 atom stereocenters. The third kappa shape index (κ3) is 2.12. The molecule has 84 valence electrons. The maximum absolute atomic E-state index is 5.43. The lowest BCUT2D eigenvalue weighted by Gasteiger charge is -2.01. The predicted molar refractivity (Wildman–Crippen MR) is 62.0 cm³/mol. The Balaban J connectivity index is 2.38. The van der Waals surface area contributed by atoms with Crippen molar-refractivity contribution in [1.29, 1.82) is 0 Å². The Morgan fingerprint density at radius 1 is 1.31 bits per heavy atom. The summed E-state index contributed by atoms with van der Waals surface area (Å²) >= 11 is 0. The van der Waals surface area contributed by atoms with Crippen LogP contribution >= 0.6 is 0 Å². The average molecular weight is 217 g/mol. The van der Waals surface area contributed by atoms with Gasteiger partial charge in [-0.3, -0.25) is 0 Å². The summed E-state index contributed by atoms with van der Waals surface area (Å²) in [5, 5.41) is 3.97. The molecule has 1 aromatic heterocycles. The summed E-state index contributed by atoms with van der Waals surface area (Å²) in [6, 6.07) is 6.19. The molecular formula is C12H15N3O. The largest absolute Gasteiger partial charge is 0.339 e. The van der Waals surface area contributed by atoms with Crippen LogP contribution in [0.15, 0.2) is 22.7 Å². The van der Waals surface area contributed by atoms with E-state index in [0.717, 1.165) is 11.1 Å². The van der Waals surface area contributed by atoms with Crippen LogP contribution in [-0.2, 0) is 6.42 Å². The molecule has 0 radical (unpaired) electrons. The number of aryl methyl sites for hydroxylation is 2. The number of nitrogens with zero attached hydrogens (tertiary/aromatic N) is 2. The second kappa shape index (κ2) is 4.45. The van der Waals surface area contributed by atoms with E-state index < -0.39 is 0 Å². The quantitative estimate of drug-likeness (QED) is 0.852. The summed E-state index contributed by atoms with van der Waals surface area (Å²) in [7, 11) is 0. The molecule has 16 heavy (non-hydrogen) atoms. The zero-order valence-corrected chi connectivity index (χ0v) is 9.53. The van der Waals surface area contributed by atoms with E-state index in [1.807, 2.05) is 13.8 Å². The number of hydrogen-bond acceptors (Lipinski definition) is 4. The fraction of sp³-hybridized carbons (Fsp3) is 0.333. The molecule has 2 rings (SSSR count). The third-order valence-electron chi connectivity index (χ3n) is 2.46. The van der Waals surface area contributed by atoms with Gasteiger partial charge in [0.2, 0.25) is 11.7 Å². The fourth-order valence-corrected chi connectivity index (χ4v) is 1.57. The van der Waals surface area contributed by atoms with E-state index in [-0.39, 0.29) is 0 Å². The normalized spacial score (nSPS) is 10.7. The van der Waals surface area contributed by atoms with E-state index in [1.54, 1.807) is 0 Å². The van der Waals surface area contributed by atoms with Crippen molar-refractivity contribution in [3.63, 3.8) is 0 Å². The van der Waals surface area contributed by atoms with Gasteiger partial charge < -0.3 is 10.3 Å². The summed E-state index contributed by atoms with van der Waals surface area (Å²) in [5.41, 5.74) is 8.79. The van der Waals surface area contributed by atoms with Crippen molar-refractivity contribution < 1.29 is 4.52 Å². The summed E-state index contributed by atoms with van der Waals surface area (Å²) in [6.45, 7) is 4.60. The van der Waals surface area contributed by atoms with Crippen LogP contribution in [0.2, 0.25) is 0 Å². The van der Waals surface area contributed by atoms with Gasteiger partial charge in [-0.2, -0.15) is 4.98 Å². The monoisotopic (exact) mass is 217 g/mol. The minimum absolute atomic E-state index is 0.522. The van der Waals surface area contributed by atoms with Crippen LogP contribution < -0.4 is 5.73 Å². The van der Waals surface area contributed by atoms with Crippen LogP contribution in [0.25, 0.3) is 11.4 Å². The maximum Gasteiger partial charge on any atom is 0.228 e. The molecule has 2 aromatic rings. The third-order valence-corrected chi connectivity index (χ3v) is 2.46. The highest BCUT2D eigenvalue weighted by Gasteiger charge is 2.10. The Labute approximate surface area is 94.5 Å². The van der Waals surface area contributed by atoms with Crippen molar-refractivity contribution in [2.45, 2.75) is 20.3 Å². The first-order chi connectivity index (χ1) is 7.70. The molecule has 2 N–H and O–H groups in total. The molecule has 0 aliphatic carbocycles.